The van der Waals surface area contributed by atoms with Gasteiger partial charge < -0.3 is 10.6 Å². The van der Waals surface area contributed by atoms with Gasteiger partial charge >= 0.3 is 0 Å². The molecule has 0 amide bonds. The van der Waals surface area contributed by atoms with Gasteiger partial charge in [0.25, 0.3) is 0 Å². The lowest BCUT2D eigenvalue weighted by molar-refractivity contribution is 1.08. The Balaban J connectivity index is 1.59. The molecule has 4 aromatic rings. The molecule has 0 unspecified atom stereocenters. The summed E-state index contributed by atoms with van der Waals surface area (Å²) in [5, 5.41) is 11.0. The van der Waals surface area contributed by atoms with Crippen LogP contribution in [-0.4, -0.2) is 22.0 Å². The molecule has 0 spiro atoms. The van der Waals surface area contributed by atoms with Gasteiger partial charge in [0, 0.05) is 36.9 Å². The van der Waals surface area contributed by atoms with Crippen LogP contribution in [-0.2, 0) is 6.54 Å². The van der Waals surface area contributed by atoms with Crippen molar-refractivity contribution in [3.8, 4) is 11.3 Å². The summed E-state index contributed by atoms with van der Waals surface area (Å²) < 4.78 is 0. The molecule has 28 heavy (non-hydrogen) atoms. The first-order chi connectivity index (χ1) is 13.8. The average molecular weight is 369 g/mol. The summed E-state index contributed by atoms with van der Waals surface area (Å²) in [5.41, 5.74) is 11.6. The highest BCUT2D eigenvalue weighted by atomic mass is 15.1. The quantitative estimate of drug-likeness (QED) is 0.415. The second-order valence-electron chi connectivity index (χ2n) is 6.24. The van der Waals surface area contributed by atoms with E-state index in [0.717, 1.165) is 33.5 Å². The molecule has 3 heterocycles. The number of benzene rings is 1. The Morgan fingerprint density at radius 3 is 2.75 bits per heavy atom. The molecule has 0 atom stereocenters. The fourth-order valence-corrected chi connectivity index (χ4v) is 2.95. The van der Waals surface area contributed by atoms with Crippen molar-refractivity contribution in [2.75, 3.05) is 17.7 Å². The summed E-state index contributed by atoms with van der Waals surface area (Å²) in [6.07, 6.45) is 3.56. The Morgan fingerprint density at radius 1 is 1.04 bits per heavy atom. The van der Waals surface area contributed by atoms with Gasteiger partial charge in [-0.2, -0.15) is 5.11 Å². The number of rotatable bonds is 6. The normalized spacial score (nSPS) is 10.6. The molecule has 4 rings (SSSR count). The number of nitrogens with zero attached hydrogens (tertiary/aromatic N) is 4. The summed E-state index contributed by atoms with van der Waals surface area (Å²) in [7, 11) is 1.83. The van der Waals surface area contributed by atoms with Crippen molar-refractivity contribution in [2.24, 2.45) is 5.11 Å². The van der Waals surface area contributed by atoms with Gasteiger partial charge in [0.05, 0.1) is 11.2 Å². The number of pyridine rings is 3. The largest absolute Gasteiger partial charge is 0.373 e. The summed E-state index contributed by atoms with van der Waals surface area (Å²) in [5.74, 6) is 1.36. The van der Waals surface area contributed by atoms with Crippen LogP contribution in [0.15, 0.2) is 72.1 Å². The lowest BCUT2D eigenvalue weighted by Gasteiger charge is -2.11. The van der Waals surface area contributed by atoms with Crippen molar-refractivity contribution < 1.29 is 0 Å². The molecule has 3 N–H and O–H groups in total. The Kier molecular flexibility index (Phi) is 4.88. The van der Waals surface area contributed by atoms with E-state index in [4.69, 9.17) is 5.53 Å². The molecule has 0 saturated heterocycles. The first kappa shape index (κ1) is 17.5. The van der Waals surface area contributed by atoms with E-state index in [0.29, 0.717) is 18.1 Å². The third-order valence-corrected chi connectivity index (χ3v) is 4.44. The lowest BCUT2D eigenvalue weighted by Crippen LogP contribution is -2.02. The maximum atomic E-state index is 7.42. The topological polar surface area (TPSA) is 98.9 Å². The molecule has 1 aromatic carbocycles. The van der Waals surface area contributed by atoms with E-state index in [1.54, 1.807) is 18.5 Å². The zero-order chi connectivity index (χ0) is 19.3. The number of fused-ring (bicyclic) bond motifs is 1. The first-order valence-corrected chi connectivity index (χ1v) is 8.87. The second-order valence-corrected chi connectivity index (χ2v) is 6.24. The van der Waals surface area contributed by atoms with Crippen LogP contribution in [0.5, 0.6) is 0 Å². The Bertz CT molecular complexity index is 1120. The minimum atomic E-state index is 0.492. The van der Waals surface area contributed by atoms with Crippen LogP contribution in [0, 0.1) is 5.53 Å². The van der Waals surface area contributed by atoms with Gasteiger partial charge in [-0.25, -0.2) is 15.5 Å². The number of aromatic nitrogens is 3. The lowest BCUT2D eigenvalue weighted by atomic mass is 10.1. The predicted molar refractivity (Wildman–Crippen MR) is 111 cm³/mol. The van der Waals surface area contributed by atoms with E-state index in [1.165, 1.54) is 0 Å². The van der Waals surface area contributed by atoms with Gasteiger partial charge in [-0.3, -0.25) is 4.98 Å². The van der Waals surface area contributed by atoms with Crippen LogP contribution in [0.2, 0.25) is 0 Å². The minimum Gasteiger partial charge on any atom is -0.373 e. The van der Waals surface area contributed by atoms with Crippen LogP contribution in [0.25, 0.3) is 22.2 Å². The fourth-order valence-electron chi connectivity index (χ4n) is 2.95. The molecule has 0 aliphatic heterocycles. The smallest absolute Gasteiger partial charge is 0.154 e. The molecule has 7 nitrogen and oxygen atoms in total. The molecular formula is C21H19N7. The molecule has 7 heteroatoms. The van der Waals surface area contributed by atoms with Crippen molar-refractivity contribution in [3.63, 3.8) is 0 Å². The molecule has 0 fully saturated rings. The molecule has 0 saturated carbocycles. The highest BCUT2D eigenvalue weighted by molar-refractivity contribution is 5.79. The molecule has 0 radical (unpaired) electrons. The molecule has 3 aromatic heterocycles. The average Bonchev–Trinajstić information content (AvgIpc) is 2.77. The maximum Gasteiger partial charge on any atom is 0.154 e. The van der Waals surface area contributed by atoms with Gasteiger partial charge in [-0.1, -0.05) is 12.1 Å². The standard InChI is InChI=1S/C21H19N7/c1-23-20-9-5-16(13-25-20)18-7-8-19(28-22)21(27-18)26-12-14-4-6-17-15(11-14)3-2-10-24-17/h2-11,13,22H,12H2,1H3,(H,23,25)(H,26,27). The zero-order valence-corrected chi connectivity index (χ0v) is 15.3. The Morgan fingerprint density at radius 2 is 1.96 bits per heavy atom. The van der Waals surface area contributed by atoms with Gasteiger partial charge in [0.2, 0.25) is 0 Å². The molecule has 0 bridgehead atoms. The molecule has 138 valence electrons. The van der Waals surface area contributed by atoms with E-state index in [9.17, 15) is 0 Å². The molecule has 0 aliphatic carbocycles. The minimum absolute atomic E-state index is 0.492. The highest BCUT2D eigenvalue weighted by Crippen LogP contribution is 2.28. The third-order valence-electron chi connectivity index (χ3n) is 4.44. The van der Waals surface area contributed by atoms with Crippen LogP contribution >= 0.6 is 0 Å². The van der Waals surface area contributed by atoms with Crippen molar-refractivity contribution in [2.45, 2.75) is 6.54 Å². The molecule has 0 aliphatic rings. The van der Waals surface area contributed by atoms with Crippen molar-refractivity contribution >= 4 is 28.2 Å². The van der Waals surface area contributed by atoms with E-state index in [2.05, 4.69) is 36.8 Å². The number of nitrogens with one attached hydrogen (secondary N) is 3. The second kappa shape index (κ2) is 7.79. The summed E-state index contributed by atoms with van der Waals surface area (Å²) in [6, 6.07) is 17.6. The van der Waals surface area contributed by atoms with Gasteiger partial charge in [-0.05, 0) is 48.0 Å². The predicted octanol–water partition coefficient (Wildman–Crippen LogP) is 5.01. The van der Waals surface area contributed by atoms with Crippen LogP contribution in [0.1, 0.15) is 5.56 Å². The summed E-state index contributed by atoms with van der Waals surface area (Å²) in [4.78, 5) is 13.3. The third kappa shape index (κ3) is 3.64. The van der Waals surface area contributed by atoms with Crippen molar-refractivity contribution in [1.82, 2.24) is 15.0 Å². The van der Waals surface area contributed by atoms with E-state index >= 15 is 0 Å². The van der Waals surface area contributed by atoms with Crippen molar-refractivity contribution in [1.29, 1.82) is 5.53 Å². The Labute approximate surface area is 162 Å². The maximum absolute atomic E-state index is 7.42. The van der Waals surface area contributed by atoms with Crippen LogP contribution < -0.4 is 10.6 Å². The van der Waals surface area contributed by atoms with E-state index in [1.807, 2.05) is 49.5 Å². The van der Waals surface area contributed by atoms with Crippen LogP contribution in [0.4, 0.5) is 17.3 Å². The number of anilines is 2. The zero-order valence-electron chi connectivity index (χ0n) is 15.3. The molecular weight excluding hydrogens is 350 g/mol. The Hall–Kier alpha value is -3.87. The van der Waals surface area contributed by atoms with E-state index < -0.39 is 0 Å². The highest BCUT2D eigenvalue weighted by Gasteiger charge is 2.08. The summed E-state index contributed by atoms with van der Waals surface area (Å²) in [6.45, 7) is 0.570. The number of hydrogen-bond acceptors (Lipinski definition) is 7. The van der Waals surface area contributed by atoms with Gasteiger partial charge in [0.1, 0.15) is 11.5 Å². The van der Waals surface area contributed by atoms with Crippen molar-refractivity contribution in [3.05, 3.63) is 72.6 Å². The van der Waals surface area contributed by atoms with Gasteiger partial charge in [0.15, 0.2) is 5.82 Å². The fraction of sp³-hybridized carbons (Fsp3) is 0.0952. The summed E-state index contributed by atoms with van der Waals surface area (Å²) >= 11 is 0. The number of hydrogen-bond donors (Lipinski definition) is 3. The van der Waals surface area contributed by atoms with E-state index in [-0.39, 0.29) is 0 Å². The monoisotopic (exact) mass is 369 g/mol. The van der Waals surface area contributed by atoms with Gasteiger partial charge in [-0.15, -0.1) is 0 Å². The SMILES string of the molecule is CNc1ccc(-c2ccc(N=N)c(NCc3ccc4ncccc4c3)n2)cn1. The first-order valence-electron chi connectivity index (χ1n) is 8.87. The van der Waals surface area contributed by atoms with Crippen LogP contribution in [0.3, 0.4) is 0 Å².